The Morgan fingerprint density at radius 3 is 2.80 bits per heavy atom. The van der Waals surface area contributed by atoms with Crippen LogP contribution in [-0.4, -0.2) is 30.0 Å². The predicted molar refractivity (Wildman–Crippen MR) is 90.8 cm³/mol. The first kappa shape index (κ1) is 17.6. The van der Waals surface area contributed by atoms with Crippen molar-refractivity contribution >= 4 is 0 Å². The number of nitrogens with zero attached hydrogens (tertiary/aromatic N) is 3. The van der Waals surface area contributed by atoms with E-state index < -0.39 is 0 Å². The Bertz CT molecular complexity index is 725. The van der Waals surface area contributed by atoms with Gasteiger partial charge >= 0.3 is 0 Å². The van der Waals surface area contributed by atoms with Gasteiger partial charge in [0.1, 0.15) is 6.61 Å². The fourth-order valence-electron chi connectivity index (χ4n) is 2.90. The van der Waals surface area contributed by atoms with Gasteiger partial charge in [0.15, 0.2) is 5.82 Å². The van der Waals surface area contributed by atoms with Crippen LogP contribution in [0, 0.1) is 17.2 Å². The summed E-state index contributed by atoms with van der Waals surface area (Å²) in [5.74, 6) is 1.64. The van der Waals surface area contributed by atoms with Gasteiger partial charge in [-0.2, -0.15) is 10.2 Å². The molecule has 1 aliphatic heterocycles. The predicted octanol–water partition coefficient (Wildman–Crippen LogP) is 3.01. The van der Waals surface area contributed by atoms with Crippen LogP contribution in [0.1, 0.15) is 43.1 Å². The Morgan fingerprint density at radius 2 is 2.12 bits per heavy atom. The molecule has 1 aliphatic rings. The largest absolute Gasteiger partial charge is 0.381 e. The monoisotopic (exact) mass is 341 g/mol. The number of ether oxygens (including phenoxy) is 2. The quantitative estimate of drug-likeness (QED) is 0.770. The molecule has 1 atom stereocenters. The molecule has 1 aromatic heterocycles. The van der Waals surface area contributed by atoms with Gasteiger partial charge in [-0.3, -0.25) is 0 Å². The van der Waals surface area contributed by atoms with Crippen LogP contribution in [0.3, 0.4) is 0 Å². The van der Waals surface area contributed by atoms with Crippen LogP contribution in [0.4, 0.5) is 0 Å². The molecule has 6 heteroatoms. The molecule has 0 bridgehead atoms. The van der Waals surface area contributed by atoms with Gasteiger partial charge < -0.3 is 14.0 Å². The van der Waals surface area contributed by atoms with Crippen LogP contribution in [0.5, 0.6) is 0 Å². The molecule has 2 aromatic rings. The van der Waals surface area contributed by atoms with Crippen LogP contribution in [0.15, 0.2) is 28.8 Å². The lowest BCUT2D eigenvalue weighted by Crippen LogP contribution is -2.21. The van der Waals surface area contributed by atoms with Crippen LogP contribution < -0.4 is 0 Å². The van der Waals surface area contributed by atoms with Gasteiger partial charge in [-0.15, -0.1) is 0 Å². The smallest absolute Gasteiger partial charge is 0.232 e. The molecule has 2 heterocycles. The van der Waals surface area contributed by atoms with Gasteiger partial charge in [0.05, 0.1) is 24.8 Å². The highest BCUT2D eigenvalue weighted by Gasteiger charge is 2.28. The van der Waals surface area contributed by atoms with E-state index in [9.17, 15) is 0 Å². The number of aromatic nitrogens is 2. The third kappa shape index (κ3) is 4.65. The standard InChI is InChI=1S/C19H23N3O3/c1-19(2,9-14-3-5-15(10-20)6-4-14)18-21-17(22-25-18)13-24-12-16-7-8-23-11-16/h3-6,16H,7-9,11-13H2,1-2H3. The second-order valence-electron chi connectivity index (χ2n) is 7.13. The molecule has 6 nitrogen and oxygen atoms in total. The van der Waals surface area contributed by atoms with E-state index in [1.54, 1.807) is 0 Å². The van der Waals surface area contributed by atoms with Gasteiger partial charge in [0.2, 0.25) is 5.89 Å². The zero-order chi connectivity index (χ0) is 17.7. The van der Waals surface area contributed by atoms with Crippen molar-refractivity contribution in [3.05, 3.63) is 47.1 Å². The molecule has 0 spiro atoms. The summed E-state index contributed by atoms with van der Waals surface area (Å²) in [7, 11) is 0. The van der Waals surface area contributed by atoms with Crippen molar-refractivity contribution in [3.63, 3.8) is 0 Å². The summed E-state index contributed by atoms with van der Waals surface area (Å²) in [5, 5.41) is 12.9. The highest BCUT2D eigenvalue weighted by atomic mass is 16.5. The first-order valence-corrected chi connectivity index (χ1v) is 8.54. The van der Waals surface area contributed by atoms with Crippen LogP contribution in [0.2, 0.25) is 0 Å². The highest BCUT2D eigenvalue weighted by molar-refractivity contribution is 5.32. The third-order valence-corrected chi connectivity index (χ3v) is 4.38. The molecule has 1 aromatic carbocycles. The zero-order valence-corrected chi connectivity index (χ0v) is 14.7. The van der Waals surface area contributed by atoms with Crippen molar-refractivity contribution in [1.29, 1.82) is 5.26 Å². The van der Waals surface area contributed by atoms with Crippen molar-refractivity contribution in [2.24, 2.45) is 5.92 Å². The van der Waals surface area contributed by atoms with E-state index in [2.05, 4.69) is 30.1 Å². The molecule has 25 heavy (non-hydrogen) atoms. The van der Waals surface area contributed by atoms with Gasteiger partial charge in [-0.1, -0.05) is 31.1 Å². The maximum absolute atomic E-state index is 8.88. The molecule has 3 rings (SSSR count). The molecular weight excluding hydrogens is 318 g/mol. The van der Waals surface area contributed by atoms with Crippen molar-refractivity contribution < 1.29 is 14.0 Å². The second kappa shape index (κ2) is 7.77. The lowest BCUT2D eigenvalue weighted by atomic mass is 9.85. The summed E-state index contributed by atoms with van der Waals surface area (Å²) in [5.41, 5.74) is 1.49. The van der Waals surface area contributed by atoms with Crippen molar-refractivity contribution in [3.8, 4) is 6.07 Å². The zero-order valence-electron chi connectivity index (χ0n) is 14.7. The van der Waals surface area contributed by atoms with Crippen LogP contribution in [-0.2, 0) is 27.9 Å². The Morgan fingerprint density at radius 1 is 1.32 bits per heavy atom. The Hall–Kier alpha value is -2.23. The molecule has 0 amide bonds. The van der Waals surface area contributed by atoms with Gasteiger partial charge in [-0.05, 0) is 30.5 Å². The van der Waals surface area contributed by atoms with E-state index >= 15 is 0 Å². The topological polar surface area (TPSA) is 81.2 Å². The molecule has 1 fully saturated rings. The van der Waals surface area contributed by atoms with Crippen LogP contribution in [0.25, 0.3) is 0 Å². The first-order valence-electron chi connectivity index (χ1n) is 8.54. The molecular formula is C19H23N3O3. The first-order chi connectivity index (χ1) is 12.1. The maximum Gasteiger partial charge on any atom is 0.232 e. The summed E-state index contributed by atoms with van der Waals surface area (Å²) in [6.07, 6.45) is 1.80. The molecule has 0 N–H and O–H groups in total. The van der Waals surface area contributed by atoms with Crippen LogP contribution >= 0.6 is 0 Å². The number of nitriles is 1. The van der Waals surface area contributed by atoms with Crippen molar-refractivity contribution in [2.45, 2.75) is 38.7 Å². The van der Waals surface area contributed by atoms with Gasteiger partial charge in [0, 0.05) is 17.9 Å². The van der Waals surface area contributed by atoms with Gasteiger partial charge in [0.25, 0.3) is 0 Å². The molecule has 1 saturated heterocycles. The van der Waals surface area contributed by atoms with Gasteiger partial charge in [-0.25, -0.2) is 0 Å². The lowest BCUT2D eigenvalue weighted by molar-refractivity contribution is 0.0741. The minimum atomic E-state index is -0.293. The molecule has 132 valence electrons. The van der Waals surface area contributed by atoms with E-state index in [0.717, 1.165) is 31.6 Å². The average Bonchev–Trinajstić information content (AvgIpc) is 3.27. The Labute approximate surface area is 147 Å². The number of benzene rings is 1. The van der Waals surface area contributed by atoms with E-state index in [0.29, 0.717) is 36.4 Å². The maximum atomic E-state index is 8.88. The SMILES string of the molecule is CC(C)(Cc1ccc(C#N)cc1)c1nc(COCC2CCOC2)no1. The van der Waals surface area contributed by atoms with E-state index in [1.165, 1.54) is 0 Å². The Kier molecular flexibility index (Phi) is 5.47. The number of hydrogen-bond acceptors (Lipinski definition) is 6. The van der Waals surface area contributed by atoms with Crippen molar-refractivity contribution in [2.75, 3.05) is 19.8 Å². The molecule has 1 unspecified atom stereocenters. The van der Waals surface area contributed by atoms with E-state index in [4.69, 9.17) is 19.3 Å². The molecule has 0 radical (unpaired) electrons. The summed E-state index contributed by atoms with van der Waals surface area (Å²) < 4.78 is 16.5. The summed E-state index contributed by atoms with van der Waals surface area (Å²) >= 11 is 0. The molecule has 0 aliphatic carbocycles. The minimum Gasteiger partial charge on any atom is -0.381 e. The fourth-order valence-corrected chi connectivity index (χ4v) is 2.90. The normalized spacial score (nSPS) is 17.6. The highest BCUT2D eigenvalue weighted by Crippen LogP contribution is 2.26. The summed E-state index contributed by atoms with van der Waals surface area (Å²) in [4.78, 5) is 4.49. The summed E-state index contributed by atoms with van der Waals surface area (Å²) in [6, 6.07) is 9.70. The minimum absolute atomic E-state index is 0.293. The number of hydrogen-bond donors (Lipinski definition) is 0. The summed E-state index contributed by atoms with van der Waals surface area (Å²) in [6.45, 7) is 6.75. The van der Waals surface area contributed by atoms with E-state index in [1.807, 2.05) is 24.3 Å². The van der Waals surface area contributed by atoms with E-state index in [-0.39, 0.29) is 5.41 Å². The third-order valence-electron chi connectivity index (χ3n) is 4.38. The lowest BCUT2D eigenvalue weighted by Gasteiger charge is -2.19. The molecule has 0 saturated carbocycles. The second-order valence-corrected chi connectivity index (χ2v) is 7.13. The van der Waals surface area contributed by atoms with Crippen molar-refractivity contribution in [1.82, 2.24) is 10.1 Å². The Balaban J connectivity index is 1.56. The number of rotatable bonds is 7. The average molecular weight is 341 g/mol. The fraction of sp³-hybridized carbons (Fsp3) is 0.526.